The lowest BCUT2D eigenvalue weighted by molar-refractivity contribution is 0.0526. The van der Waals surface area contributed by atoms with Crippen molar-refractivity contribution in [2.45, 2.75) is 6.92 Å². The lowest BCUT2D eigenvalue weighted by Gasteiger charge is -2.10. The van der Waals surface area contributed by atoms with Crippen LogP contribution in [0.2, 0.25) is 0 Å². The quantitative estimate of drug-likeness (QED) is 0.476. The van der Waals surface area contributed by atoms with E-state index in [1.165, 1.54) is 6.20 Å². The Kier molecular flexibility index (Phi) is 5.73. The van der Waals surface area contributed by atoms with E-state index < -0.39 is 23.4 Å². The van der Waals surface area contributed by atoms with Crippen molar-refractivity contribution in [2.24, 2.45) is 0 Å². The molecule has 6 nitrogen and oxygen atoms in total. The van der Waals surface area contributed by atoms with Crippen molar-refractivity contribution in [1.82, 2.24) is 9.97 Å². The lowest BCUT2D eigenvalue weighted by Crippen LogP contribution is -2.05. The maximum atomic E-state index is 13.8. The van der Waals surface area contributed by atoms with E-state index in [2.05, 4.69) is 20.6 Å². The highest BCUT2D eigenvalue weighted by atomic mass is 19.2. The van der Waals surface area contributed by atoms with E-state index in [4.69, 9.17) is 4.74 Å². The molecule has 1 aromatic heterocycles. The highest BCUT2D eigenvalue weighted by molar-refractivity contribution is 5.89. The predicted molar refractivity (Wildman–Crippen MR) is 97.3 cm³/mol. The molecule has 0 saturated heterocycles. The molecule has 0 radical (unpaired) electrons. The van der Waals surface area contributed by atoms with Crippen molar-refractivity contribution < 1.29 is 22.7 Å². The maximum absolute atomic E-state index is 13.8. The van der Waals surface area contributed by atoms with Gasteiger partial charge in [-0.2, -0.15) is 4.98 Å². The molecule has 0 unspecified atom stereocenters. The molecule has 144 valence electrons. The van der Waals surface area contributed by atoms with Crippen molar-refractivity contribution in [1.29, 1.82) is 0 Å². The average Bonchev–Trinajstić information content (AvgIpc) is 2.69. The van der Waals surface area contributed by atoms with E-state index in [9.17, 15) is 18.0 Å². The van der Waals surface area contributed by atoms with Crippen LogP contribution in [0.4, 0.5) is 36.3 Å². The van der Waals surface area contributed by atoms with Gasteiger partial charge in [0.2, 0.25) is 5.95 Å². The molecule has 0 aliphatic rings. The number of carbonyl (C=O) groups excluding carboxylic acids is 1. The Morgan fingerprint density at radius 1 is 1.00 bits per heavy atom. The first-order chi connectivity index (χ1) is 13.5. The number of ether oxygens (including phenoxy) is 1. The van der Waals surface area contributed by atoms with E-state index in [1.54, 1.807) is 37.3 Å². The third-order valence-corrected chi connectivity index (χ3v) is 3.61. The monoisotopic (exact) mass is 388 g/mol. The highest BCUT2D eigenvalue weighted by Crippen LogP contribution is 2.23. The normalized spacial score (nSPS) is 10.4. The summed E-state index contributed by atoms with van der Waals surface area (Å²) in [6.45, 7) is 2.01. The topological polar surface area (TPSA) is 76.1 Å². The van der Waals surface area contributed by atoms with Gasteiger partial charge in [-0.1, -0.05) is 0 Å². The number of esters is 1. The summed E-state index contributed by atoms with van der Waals surface area (Å²) in [4.78, 5) is 19.7. The molecule has 3 rings (SSSR count). The molecule has 0 spiro atoms. The Hall–Kier alpha value is -3.62. The largest absolute Gasteiger partial charge is 0.462 e. The summed E-state index contributed by atoms with van der Waals surface area (Å²) in [7, 11) is 0. The molecule has 0 bridgehead atoms. The second-order valence-corrected chi connectivity index (χ2v) is 5.54. The summed E-state index contributed by atoms with van der Waals surface area (Å²) < 4.78 is 45.0. The Morgan fingerprint density at radius 2 is 1.75 bits per heavy atom. The first kappa shape index (κ1) is 19.2. The fraction of sp³-hybridized carbons (Fsp3) is 0.105. The number of benzene rings is 2. The molecule has 0 fully saturated rings. The van der Waals surface area contributed by atoms with Gasteiger partial charge in [-0.25, -0.2) is 22.9 Å². The van der Waals surface area contributed by atoms with Crippen LogP contribution in [-0.2, 0) is 4.74 Å². The average molecular weight is 388 g/mol. The first-order valence-electron chi connectivity index (χ1n) is 8.25. The smallest absolute Gasteiger partial charge is 0.338 e. The molecular weight excluding hydrogens is 373 g/mol. The molecule has 0 aliphatic heterocycles. The zero-order valence-electron chi connectivity index (χ0n) is 14.7. The molecule has 0 aliphatic carbocycles. The zero-order chi connectivity index (χ0) is 20.1. The van der Waals surface area contributed by atoms with E-state index in [0.29, 0.717) is 17.1 Å². The molecule has 3 aromatic rings. The Labute approximate surface area is 158 Å². The summed E-state index contributed by atoms with van der Waals surface area (Å²) in [5.74, 6) is -4.30. The number of anilines is 4. The van der Waals surface area contributed by atoms with Crippen LogP contribution in [0.25, 0.3) is 0 Å². The maximum Gasteiger partial charge on any atom is 0.338 e. The van der Waals surface area contributed by atoms with Gasteiger partial charge in [0.25, 0.3) is 0 Å². The molecule has 2 aromatic carbocycles. The first-order valence-corrected chi connectivity index (χ1v) is 8.25. The highest BCUT2D eigenvalue weighted by Gasteiger charge is 2.14. The summed E-state index contributed by atoms with van der Waals surface area (Å²) in [5.41, 5.74) is 0.748. The molecule has 2 N–H and O–H groups in total. The Balaban J connectivity index is 1.73. The SMILES string of the molecule is CCOC(=O)c1ccc(Nc2ccnc(Nc3ccc(F)c(F)c3F)n2)cc1. The minimum Gasteiger partial charge on any atom is -0.462 e. The Bertz CT molecular complexity index is 997. The standard InChI is InChI=1S/C19H15F3N4O2/c1-2-28-18(27)11-3-5-12(6-4-11)24-15-9-10-23-19(26-15)25-14-8-7-13(20)16(21)17(14)22/h3-10H,2H2,1H3,(H2,23,24,25,26). The third-order valence-electron chi connectivity index (χ3n) is 3.61. The number of hydrogen-bond donors (Lipinski definition) is 2. The number of nitrogens with one attached hydrogen (secondary N) is 2. The molecule has 1 heterocycles. The van der Waals surface area contributed by atoms with Crippen molar-refractivity contribution in [3.05, 3.63) is 71.7 Å². The van der Waals surface area contributed by atoms with Gasteiger partial charge in [-0.05, 0) is 49.4 Å². The summed E-state index contributed by atoms with van der Waals surface area (Å²) in [6, 6.07) is 9.92. The van der Waals surface area contributed by atoms with Crippen LogP contribution >= 0.6 is 0 Å². The Morgan fingerprint density at radius 3 is 2.46 bits per heavy atom. The van der Waals surface area contributed by atoms with Crippen LogP contribution in [-0.4, -0.2) is 22.5 Å². The van der Waals surface area contributed by atoms with Crippen LogP contribution in [0.1, 0.15) is 17.3 Å². The van der Waals surface area contributed by atoms with E-state index in [-0.39, 0.29) is 18.2 Å². The fourth-order valence-corrected chi connectivity index (χ4v) is 2.28. The second-order valence-electron chi connectivity index (χ2n) is 5.54. The minimum absolute atomic E-state index is 0.0157. The lowest BCUT2D eigenvalue weighted by atomic mass is 10.2. The second kappa shape index (κ2) is 8.38. The van der Waals surface area contributed by atoms with Gasteiger partial charge in [0.15, 0.2) is 17.5 Å². The van der Waals surface area contributed by atoms with Gasteiger partial charge in [0.05, 0.1) is 17.9 Å². The van der Waals surface area contributed by atoms with Crippen molar-refractivity contribution in [2.75, 3.05) is 17.2 Å². The number of rotatable bonds is 6. The zero-order valence-corrected chi connectivity index (χ0v) is 14.7. The number of aromatic nitrogens is 2. The van der Waals surface area contributed by atoms with Crippen LogP contribution in [0.5, 0.6) is 0 Å². The predicted octanol–water partition coefficient (Wildman–Crippen LogP) is 4.56. The van der Waals surface area contributed by atoms with Crippen molar-refractivity contribution in [3.8, 4) is 0 Å². The molecule has 0 amide bonds. The number of nitrogens with zero attached hydrogens (tertiary/aromatic N) is 2. The fourth-order valence-electron chi connectivity index (χ4n) is 2.28. The van der Waals surface area contributed by atoms with Gasteiger partial charge in [0, 0.05) is 11.9 Å². The molecule has 28 heavy (non-hydrogen) atoms. The molecular formula is C19H15F3N4O2. The summed E-state index contributed by atoms with van der Waals surface area (Å²) in [5, 5.41) is 5.49. The number of carbonyl (C=O) groups is 1. The van der Waals surface area contributed by atoms with Gasteiger partial charge in [0.1, 0.15) is 5.82 Å². The van der Waals surface area contributed by atoms with Gasteiger partial charge in [-0.15, -0.1) is 0 Å². The van der Waals surface area contributed by atoms with E-state index >= 15 is 0 Å². The van der Waals surface area contributed by atoms with Crippen LogP contribution < -0.4 is 10.6 Å². The van der Waals surface area contributed by atoms with Gasteiger partial charge in [-0.3, -0.25) is 0 Å². The van der Waals surface area contributed by atoms with E-state index in [0.717, 1.165) is 12.1 Å². The third kappa shape index (κ3) is 4.37. The van der Waals surface area contributed by atoms with Crippen LogP contribution in [0.15, 0.2) is 48.7 Å². The minimum atomic E-state index is -1.58. The molecule has 0 saturated carbocycles. The summed E-state index contributed by atoms with van der Waals surface area (Å²) >= 11 is 0. The van der Waals surface area contributed by atoms with Crippen LogP contribution in [0.3, 0.4) is 0 Å². The van der Waals surface area contributed by atoms with Crippen molar-refractivity contribution >= 4 is 29.1 Å². The van der Waals surface area contributed by atoms with Crippen molar-refractivity contribution in [3.63, 3.8) is 0 Å². The van der Waals surface area contributed by atoms with Gasteiger partial charge >= 0.3 is 5.97 Å². The van der Waals surface area contributed by atoms with Gasteiger partial charge < -0.3 is 15.4 Å². The number of hydrogen-bond acceptors (Lipinski definition) is 6. The van der Waals surface area contributed by atoms with Crippen LogP contribution in [0, 0.1) is 17.5 Å². The molecule has 9 heteroatoms. The molecule has 0 atom stereocenters. The number of halogens is 3. The van der Waals surface area contributed by atoms with E-state index in [1.807, 2.05) is 0 Å². The summed E-state index contributed by atoms with van der Waals surface area (Å²) in [6.07, 6.45) is 1.41.